The van der Waals surface area contributed by atoms with E-state index >= 15 is 0 Å². The Labute approximate surface area is 176 Å². The Bertz CT molecular complexity index is 1270. The molecular formula is C21H20N4O6. The minimum atomic E-state index is -0.521. The van der Waals surface area contributed by atoms with Crippen molar-refractivity contribution in [2.24, 2.45) is 0 Å². The van der Waals surface area contributed by atoms with Gasteiger partial charge in [-0.15, -0.1) is 15.0 Å². The number of phenols is 1. The quantitative estimate of drug-likeness (QED) is 0.429. The van der Waals surface area contributed by atoms with Gasteiger partial charge in [0.1, 0.15) is 34.6 Å². The fraction of sp³-hybridized carbons (Fsp3) is 0.238. The number of esters is 1. The number of rotatable bonds is 7. The van der Waals surface area contributed by atoms with Gasteiger partial charge in [-0.05, 0) is 31.2 Å². The van der Waals surface area contributed by atoms with E-state index in [-0.39, 0.29) is 31.1 Å². The van der Waals surface area contributed by atoms with Crippen molar-refractivity contribution in [1.29, 1.82) is 0 Å². The molecule has 0 saturated heterocycles. The zero-order chi connectivity index (χ0) is 22.0. The number of fused-ring (bicyclic) bond motifs is 2. The van der Waals surface area contributed by atoms with Crippen molar-refractivity contribution in [3.8, 4) is 23.1 Å². The Hall–Kier alpha value is -3.92. The first-order valence-electron chi connectivity index (χ1n) is 9.54. The van der Waals surface area contributed by atoms with Crippen LogP contribution in [0.5, 0.6) is 17.4 Å². The van der Waals surface area contributed by atoms with Gasteiger partial charge >= 0.3 is 5.97 Å². The standard InChI is InChI=1S/C21H20N4O6/c1-3-30-21(28)14-10-15-16(11-18(14)29-2)24-25(23-15)17-5-4-13-12(19(17)27)6-7-22-20(13)31-9-8-26/h4-7,10-11,26-27H,3,8-9H2,1-2H3. The van der Waals surface area contributed by atoms with Gasteiger partial charge in [0.15, 0.2) is 5.75 Å². The van der Waals surface area contributed by atoms with E-state index < -0.39 is 5.97 Å². The van der Waals surface area contributed by atoms with Crippen molar-refractivity contribution in [1.82, 2.24) is 20.0 Å². The Morgan fingerprint density at radius 1 is 1.13 bits per heavy atom. The number of aromatic nitrogens is 4. The lowest BCUT2D eigenvalue weighted by molar-refractivity contribution is 0.0523. The van der Waals surface area contributed by atoms with Crippen molar-refractivity contribution in [2.45, 2.75) is 6.92 Å². The van der Waals surface area contributed by atoms with Crippen LogP contribution < -0.4 is 9.47 Å². The number of aliphatic hydroxyl groups is 1. The highest BCUT2D eigenvalue weighted by Crippen LogP contribution is 2.35. The SMILES string of the molecule is CCOC(=O)c1cc2nn(-c3ccc4c(OCCO)nccc4c3O)nc2cc1OC. The lowest BCUT2D eigenvalue weighted by Crippen LogP contribution is -2.06. The van der Waals surface area contributed by atoms with Crippen LogP contribution in [0.25, 0.3) is 27.5 Å². The van der Waals surface area contributed by atoms with Gasteiger partial charge in [0.05, 0.1) is 20.3 Å². The fourth-order valence-corrected chi connectivity index (χ4v) is 3.21. The number of hydrogen-bond acceptors (Lipinski definition) is 9. The first-order chi connectivity index (χ1) is 15.1. The van der Waals surface area contributed by atoms with Gasteiger partial charge in [-0.3, -0.25) is 0 Å². The van der Waals surface area contributed by atoms with Gasteiger partial charge in [-0.25, -0.2) is 9.78 Å². The second kappa shape index (κ2) is 8.44. The molecule has 10 heteroatoms. The molecule has 10 nitrogen and oxygen atoms in total. The summed E-state index contributed by atoms with van der Waals surface area (Å²) in [6, 6.07) is 8.13. The summed E-state index contributed by atoms with van der Waals surface area (Å²) in [5.41, 5.74) is 1.49. The van der Waals surface area contributed by atoms with Crippen molar-refractivity contribution in [2.75, 3.05) is 26.9 Å². The number of pyridine rings is 1. The van der Waals surface area contributed by atoms with Crippen LogP contribution in [-0.2, 0) is 4.74 Å². The topological polar surface area (TPSA) is 129 Å². The molecule has 0 saturated carbocycles. The Balaban J connectivity index is 1.81. The van der Waals surface area contributed by atoms with Crippen LogP contribution in [0, 0.1) is 0 Å². The average molecular weight is 424 g/mol. The number of benzene rings is 2. The first-order valence-corrected chi connectivity index (χ1v) is 9.54. The molecule has 0 aliphatic heterocycles. The molecule has 0 unspecified atom stereocenters. The summed E-state index contributed by atoms with van der Waals surface area (Å²) >= 11 is 0. The highest BCUT2D eigenvalue weighted by Gasteiger charge is 2.19. The molecule has 0 spiro atoms. The molecule has 4 rings (SSSR count). The van der Waals surface area contributed by atoms with Crippen LogP contribution in [0.4, 0.5) is 0 Å². The number of nitrogens with zero attached hydrogens (tertiary/aromatic N) is 4. The monoisotopic (exact) mass is 424 g/mol. The van der Waals surface area contributed by atoms with Crippen LogP contribution in [0.3, 0.4) is 0 Å². The van der Waals surface area contributed by atoms with Gasteiger partial charge < -0.3 is 24.4 Å². The second-order valence-electron chi connectivity index (χ2n) is 6.47. The van der Waals surface area contributed by atoms with Gasteiger partial charge in [-0.2, -0.15) is 0 Å². The zero-order valence-electron chi connectivity index (χ0n) is 16.9. The molecule has 2 aromatic carbocycles. The predicted octanol–water partition coefficient (Wildman–Crippen LogP) is 2.23. The normalized spacial score (nSPS) is 11.1. The maximum absolute atomic E-state index is 12.2. The summed E-state index contributed by atoms with van der Waals surface area (Å²) in [4.78, 5) is 17.6. The number of aromatic hydroxyl groups is 1. The molecule has 0 radical (unpaired) electrons. The molecule has 2 heterocycles. The highest BCUT2D eigenvalue weighted by atomic mass is 16.5. The third-order valence-corrected chi connectivity index (χ3v) is 4.60. The highest BCUT2D eigenvalue weighted by molar-refractivity contribution is 5.97. The van der Waals surface area contributed by atoms with E-state index in [0.717, 1.165) is 0 Å². The van der Waals surface area contributed by atoms with Crippen LogP contribution in [0.15, 0.2) is 36.5 Å². The number of carbonyl (C=O) groups excluding carboxylic acids is 1. The van der Waals surface area contributed by atoms with E-state index in [1.54, 1.807) is 37.3 Å². The van der Waals surface area contributed by atoms with Gasteiger partial charge in [0.25, 0.3) is 0 Å². The summed E-state index contributed by atoms with van der Waals surface area (Å²) in [7, 11) is 1.45. The average Bonchev–Trinajstić information content (AvgIpc) is 3.20. The van der Waals surface area contributed by atoms with Crippen LogP contribution in [-0.4, -0.2) is 63.1 Å². The first kappa shape index (κ1) is 20.4. The van der Waals surface area contributed by atoms with E-state index in [9.17, 15) is 9.90 Å². The molecular weight excluding hydrogens is 404 g/mol. The summed E-state index contributed by atoms with van der Waals surface area (Å²) in [6.07, 6.45) is 1.50. The molecule has 31 heavy (non-hydrogen) atoms. The summed E-state index contributed by atoms with van der Waals surface area (Å²) in [6.45, 7) is 1.89. The molecule has 0 aliphatic rings. The molecule has 4 aromatic rings. The Kier molecular flexibility index (Phi) is 5.54. The predicted molar refractivity (Wildman–Crippen MR) is 111 cm³/mol. The molecule has 0 bridgehead atoms. The van der Waals surface area contributed by atoms with E-state index in [0.29, 0.717) is 39.1 Å². The van der Waals surface area contributed by atoms with E-state index in [4.69, 9.17) is 19.3 Å². The van der Waals surface area contributed by atoms with Crippen molar-refractivity contribution < 1.29 is 29.2 Å². The molecule has 0 atom stereocenters. The minimum absolute atomic E-state index is 0.0633. The number of ether oxygens (including phenoxy) is 3. The van der Waals surface area contributed by atoms with Crippen LogP contribution in [0.2, 0.25) is 0 Å². The lowest BCUT2D eigenvalue weighted by atomic mass is 10.1. The van der Waals surface area contributed by atoms with Crippen LogP contribution in [0.1, 0.15) is 17.3 Å². The van der Waals surface area contributed by atoms with Crippen LogP contribution >= 0.6 is 0 Å². The third kappa shape index (κ3) is 3.68. The Morgan fingerprint density at radius 3 is 2.61 bits per heavy atom. The van der Waals surface area contributed by atoms with Crippen molar-refractivity contribution >= 4 is 27.8 Å². The van der Waals surface area contributed by atoms with E-state index in [1.807, 2.05) is 0 Å². The molecule has 0 aliphatic carbocycles. The van der Waals surface area contributed by atoms with Crippen molar-refractivity contribution in [3.63, 3.8) is 0 Å². The zero-order valence-corrected chi connectivity index (χ0v) is 16.9. The smallest absolute Gasteiger partial charge is 0.341 e. The molecule has 0 fully saturated rings. The maximum atomic E-state index is 12.2. The number of phenolic OH excluding ortho intramolecular Hbond substituents is 1. The van der Waals surface area contributed by atoms with E-state index in [1.165, 1.54) is 18.1 Å². The summed E-state index contributed by atoms with van der Waals surface area (Å²) in [5.74, 6) is 0.0344. The van der Waals surface area contributed by atoms with Gasteiger partial charge in [-0.1, -0.05) is 0 Å². The van der Waals surface area contributed by atoms with Gasteiger partial charge in [0.2, 0.25) is 5.88 Å². The summed E-state index contributed by atoms with van der Waals surface area (Å²) < 4.78 is 15.8. The largest absolute Gasteiger partial charge is 0.505 e. The van der Waals surface area contributed by atoms with Crippen molar-refractivity contribution in [3.05, 3.63) is 42.1 Å². The third-order valence-electron chi connectivity index (χ3n) is 4.60. The number of methoxy groups -OCH3 is 1. The maximum Gasteiger partial charge on any atom is 0.341 e. The molecule has 2 aromatic heterocycles. The minimum Gasteiger partial charge on any atom is -0.505 e. The second-order valence-corrected chi connectivity index (χ2v) is 6.47. The fourth-order valence-electron chi connectivity index (χ4n) is 3.21. The molecule has 2 N–H and O–H groups in total. The summed E-state index contributed by atoms with van der Waals surface area (Å²) in [5, 5.41) is 29.7. The molecule has 0 amide bonds. The van der Waals surface area contributed by atoms with Gasteiger partial charge in [0, 0.05) is 23.0 Å². The van der Waals surface area contributed by atoms with E-state index in [2.05, 4.69) is 15.2 Å². The number of aliphatic hydroxyl groups excluding tert-OH is 1. The Morgan fingerprint density at radius 2 is 1.90 bits per heavy atom. The molecule has 160 valence electrons. The number of hydrogen-bond donors (Lipinski definition) is 2. The number of carbonyl (C=O) groups is 1. The lowest BCUT2D eigenvalue weighted by Gasteiger charge is -2.10.